The number of pyridine rings is 1. The summed E-state index contributed by atoms with van der Waals surface area (Å²) in [6.07, 6.45) is -2.80. The van der Waals surface area contributed by atoms with Gasteiger partial charge in [0.25, 0.3) is 12.3 Å². The molecule has 3 fully saturated rings. The van der Waals surface area contributed by atoms with Crippen LogP contribution in [0.25, 0.3) is 22.2 Å². The Morgan fingerprint density at radius 3 is 2.62 bits per heavy atom. The van der Waals surface area contributed by atoms with Crippen LogP contribution in [0, 0.1) is 5.82 Å². The molecular weight excluding hydrogens is 780 g/mol. The molecule has 0 spiro atoms. The van der Waals surface area contributed by atoms with Crippen LogP contribution in [-0.4, -0.2) is 111 Å². The van der Waals surface area contributed by atoms with E-state index in [0.717, 1.165) is 61.0 Å². The zero-order valence-electron chi connectivity index (χ0n) is 32.3. The van der Waals surface area contributed by atoms with Crippen LogP contribution in [0.15, 0.2) is 72.8 Å². The van der Waals surface area contributed by atoms with Gasteiger partial charge in [-0.1, -0.05) is 18.2 Å². The number of phenolic OH excluding ortho intramolecular Hbond substituents is 1. The van der Waals surface area contributed by atoms with E-state index in [9.17, 15) is 32.7 Å². The molecule has 0 saturated carbocycles. The summed E-state index contributed by atoms with van der Waals surface area (Å²) in [7, 11) is 0. The van der Waals surface area contributed by atoms with Gasteiger partial charge in [-0.25, -0.2) is 18.2 Å². The molecule has 7 heterocycles. The molecule has 3 N–H and O–H groups in total. The second-order valence-electron chi connectivity index (χ2n) is 16.1. The Balaban J connectivity index is 0.775. The summed E-state index contributed by atoms with van der Waals surface area (Å²) in [6, 6.07) is 20.6. The van der Waals surface area contributed by atoms with Gasteiger partial charge in [-0.3, -0.25) is 24.6 Å². The van der Waals surface area contributed by atoms with Crippen molar-refractivity contribution >= 4 is 45.8 Å². The summed E-state index contributed by atoms with van der Waals surface area (Å²) in [6.45, 7) is 4.31. The van der Waals surface area contributed by atoms with E-state index in [-0.39, 0.29) is 49.0 Å². The lowest BCUT2D eigenvalue weighted by Crippen LogP contribution is -2.57. The second-order valence-corrected chi connectivity index (χ2v) is 16.1. The van der Waals surface area contributed by atoms with Crippen LogP contribution in [0.3, 0.4) is 0 Å². The van der Waals surface area contributed by atoms with Crippen LogP contribution in [0.4, 0.5) is 30.4 Å². The first-order valence-electron chi connectivity index (χ1n) is 20.0. The number of imide groups is 1. The summed E-state index contributed by atoms with van der Waals surface area (Å²) < 4.78 is 50.3. The van der Waals surface area contributed by atoms with Crippen LogP contribution in [0.2, 0.25) is 0 Å². The van der Waals surface area contributed by atoms with Gasteiger partial charge in [-0.05, 0) is 66.1 Å². The van der Waals surface area contributed by atoms with E-state index >= 15 is 0 Å². The first kappa shape index (κ1) is 37.8. The third-order valence-corrected chi connectivity index (χ3v) is 12.5. The Hall–Kier alpha value is -6.49. The number of piperazine rings is 1. The number of aromatic nitrogens is 3. The molecule has 0 unspecified atom stereocenters. The number of ether oxygens (including phenoxy) is 1. The lowest BCUT2D eigenvalue weighted by Gasteiger charge is -2.43. The minimum absolute atomic E-state index is 0.0135. The Morgan fingerprint density at radius 2 is 1.80 bits per heavy atom. The van der Waals surface area contributed by atoms with Gasteiger partial charge in [-0.15, -0.1) is 10.2 Å². The zero-order chi connectivity index (χ0) is 41.3. The van der Waals surface area contributed by atoms with Crippen LogP contribution >= 0.6 is 0 Å². The number of anilines is 3. The molecule has 5 aliphatic heterocycles. The molecule has 17 heteroatoms. The van der Waals surface area contributed by atoms with E-state index in [1.807, 2.05) is 36.4 Å². The number of hydrogen-bond donors (Lipinski definition) is 3. The highest BCUT2D eigenvalue weighted by Crippen LogP contribution is 2.46. The minimum Gasteiger partial charge on any atom is -0.504 e. The highest BCUT2D eigenvalue weighted by molar-refractivity contribution is 6.05. The van der Waals surface area contributed by atoms with Crippen molar-refractivity contribution in [1.82, 2.24) is 30.3 Å². The third-order valence-electron chi connectivity index (χ3n) is 12.5. The maximum absolute atomic E-state index is 15.0. The van der Waals surface area contributed by atoms with Gasteiger partial charge in [0.05, 0.1) is 23.4 Å². The van der Waals surface area contributed by atoms with Gasteiger partial charge in [0, 0.05) is 86.9 Å². The van der Waals surface area contributed by atoms with E-state index in [1.165, 1.54) is 18.2 Å². The summed E-state index contributed by atoms with van der Waals surface area (Å²) in [5.41, 5.74) is 3.30. The molecule has 5 aliphatic rings. The smallest absolute Gasteiger partial charge is 0.263 e. The van der Waals surface area contributed by atoms with Crippen molar-refractivity contribution < 1.29 is 37.4 Å². The fraction of sp³-hybridized carbons (Fsp3) is 0.349. The van der Waals surface area contributed by atoms with E-state index in [1.54, 1.807) is 15.9 Å². The standard InChI is InChI=1S/C43H40F3N9O5/c44-31-3-1-2-29(38(31)57)33-18-35-39(51-50-33)47-23-43(42(45)46)19-28(22-55(35)43)60-37-11-6-25-16-24(4-8-32(25)48-37)20-52-12-14-53(15-13-52)27-7-5-26-21-54(41(59)30(26)17-27)34-9-10-36(56)49-40(34)58/h1-8,11,16-18,28,34,42,57H,9-10,12-15,19-23H2,(H,47,51)(H,49,56,58)/t28-,34+,43-/m1/s1. The normalized spacial score (nSPS) is 22.8. The van der Waals surface area contributed by atoms with E-state index in [0.29, 0.717) is 41.4 Å². The fourth-order valence-corrected chi connectivity index (χ4v) is 9.28. The molecule has 3 atom stereocenters. The van der Waals surface area contributed by atoms with Gasteiger partial charge in [0.2, 0.25) is 17.7 Å². The molecule has 14 nitrogen and oxygen atoms in total. The number of aromatic hydroxyl groups is 1. The molecule has 60 heavy (non-hydrogen) atoms. The number of phenols is 1. The van der Waals surface area contributed by atoms with Gasteiger partial charge < -0.3 is 29.9 Å². The number of amides is 3. The van der Waals surface area contributed by atoms with Gasteiger partial charge >= 0.3 is 0 Å². The molecule has 0 aliphatic carbocycles. The van der Waals surface area contributed by atoms with Crippen molar-refractivity contribution in [2.75, 3.05) is 54.4 Å². The maximum atomic E-state index is 15.0. The Morgan fingerprint density at radius 1 is 0.950 bits per heavy atom. The number of rotatable bonds is 8. The molecule has 3 aromatic carbocycles. The number of hydrogen-bond acceptors (Lipinski definition) is 12. The Bertz CT molecular complexity index is 2570. The Kier molecular flexibility index (Phi) is 9.22. The summed E-state index contributed by atoms with van der Waals surface area (Å²) >= 11 is 0. The molecule has 3 amide bonds. The van der Waals surface area contributed by atoms with Gasteiger partial charge in [-0.2, -0.15) is 0 Å². The summed E-state index contributed by atoms with van der Waals surface area (Å²) in [5, 5.41) is 24.9. The molecular formula is C43H40F3N9O5. The largest absolute Gasteiger partial charge is 0.504 e. The number of fused-ring (bicyclic) bond motifs is 5. The number of nitrogens with zero attached hydrogens (tertiary/aromatic N) is 7. The number of alkyl halides is 2. The number of carbonyl (C=O) groups excluding carboxylic acids is 3. The predicted octanol–water partition coefficient (Wildman–Crippen LogP) is 4.71. The van der Waals surface area contributed by atoms with Crippen molar-refractivity contribution in [3.63, 3.8) is 0 Å². The lowest BCUT2D eigenvalue weighted by atomic mass is 9.93. The number of benzene rings is 3. The highest BCUT2D eigenvalue weighted by atomic mass is 19.3. The number of piperidine rings is 1. The highest BCUT2D eigenvalue weighted by Gasteiger charge is 2.56. The fourth-order valence-electron chi connectivity index (χ4n) is 9.28. The summed E-state index contributed by atoms with van der Waals surface area (Å²) in [5.74, 6) is -1.69. The van der Waals surface area contributed by atoms with E-state index in [2.05, 4.69) is 36.7 Å². The number of nitrogens with one attached hydrogen (secondary N) is 2. The van der Waals surface area contributed by atoms with E-state index < -0.39 is 41.6 Å². The topological polar surface area (TPSA) is 156 Å². The third kappa shape index (κ3) is 6.56. The number of halogens is 3. The Labute approximate surface area is 341 Å². The molecule has 5 aromatic rings. The van der Waals surface area contributed by atoms with Crippen molar-refractivity contribution in [3.8, 4) is 22.9 Å². The average molecular weight is 820 g/mol. The lowest BCUT2D eigenvalue weighted by molar-refractivity contribution is -0.136. The molecule has 0 radical (unpaired) electrons. The molecule has 0 bridgehead atoms. The van der Waals surface area contributed by atoms with Crippen molar-refractivity contribution in [1.29, 1.82) is 0 Å². The van der Waals surface area contributed by atoms with Gasteiger partial charge in [0.1, 0.15) is 17.7 Å². The van der Waals surface area contributed by atoms with Crippen LogP contribution in [0.5, 0.6) is 11.6 Å². The first-order chi connectivity index (χ1) is 29.0. The van der Waals surface area contributed by atoms with Crippen LogP contribution < -0.4 is 25.2 Å². The predicted molar refractivity (Wildman–Crippen MR) is 214 cm³/mol. The monoisotopic (exact) mass is 819 g/mol. The second kappa shape index (κ2) is 14.7. The molecule has 3 saturated heterocycles. The van der Waals surface area contributed by atoms with Crippen molar-refractivity contribution in [2.24, 2.45) is 0 Å². The van der Waals surface area contributed by atoms with Crippen LogP contribution in [0.1, 0.15) is 40.7 Å². The van der Waals surface area contributed by atoms with Crippen molar-refractivity contribution in [2.45, 2.75) is 56.5 Å². The SMILES string of the molecule is O=C1CC[C@H](N2Cc3ccc(N4CCN(Cc5ccc6nc(O[C@H]7CN8c9cc(-c%10cccc(F)c%10O)nnc9NC[C@@]8(C(F)F)C7)ccc6c5)CC4)cc3C2=O)C(=O)N1. The molecule has 2 aromatic heterocycles. The van der Waals surface area contributed by atoms with E-state index in [4.69, 9.17) is 9.72 Å². The first-order valence-corrected chi connectivity index (χ1v) is 20.0. The quantitative estimate of drug-likeness (QED) is 0.186. The minimum atomic E-state index is -2.73. The maximum Gasteiger partial charge on any atom is 0.263 e. The number of para-hydroxylation sites is 1. The van der Waals surface area contributed by atoms with Crippen LogP contribution in [-0.2, 0) is 22.7 Å². The van der Waals surface area contributed by atoms with Gasteiger partial charge in [0.15, 0.2) is 17.4 Å². The molecule has 308 valence electrons. The van der Waals surface area contributed by atoms with Crippen molar-refractivity contribution in [3.05, 3.63) is 95.3 Å². The summed E-state index contributed by atoms with van der Waals surface area (Å²) in [4.78, 5) is 50.0. The molecule has 10 rings (SSSR count). The number of carbonyl (C=O) groups is 3. The zero-order valence-corrected chi connectivity index (χ0v) is 32.3. The average Bonchev–Trinajstić information content (AvgIpc) is 3.79.